The number of nitrogens with one attached hydrogen (secondary N) is 1. The average molecular weight is 436 g/mol. The zero-order valence-corrected chi connectivity index (χ0v) is 17.8. The van der Waals surface area contributed by atoms with Gasteiger partial charge in [-0.1, -0.05) is 12.1 Å². The maximum Gasteiger partial charge on any atom is 0.235 e. The van der Waals surface area contributed by atoms with Crippen molar-refractivity contribution in [3.05, 3.63) is 83.9 Å². The number of aromatic nitrogens is 1. The fraction of sp³-hybridized carbons (Fsp3) is 0.280. The Morgan fingerprint density at radius 3 is 2.47 bits per heavy atom. The topological polar surface area (TPSA) is 69.7 Å². The number of halogens is 1. The molecule has 7 heteroatoms. The molecule has 4 rings (SSSR count). The van der Waals surface area contributed by atoms with Crippen LogP contribution in [-0.2, 0) is 21.6 Å². The molecule has 0 spiro atoms. The normalized spacial score (nSPS) is 15.1. The summed E-state index contributed by atoms with van der Waals surface area (Å²) in [6.45, 7) is 1.27. The number of rotatable bonds is 7. The van der Waals surface area contributed by atoms with E-state index in [9.17, 15) is 9.18 Å². The number of hydrogen-bond donors (Lipinski definition) is 1. The first-order valence-corrected chi connectivity index (χ1v) is 10.5. The van der Waals surface area contributed by atoms with Crippen molar-refractivity contribution in [3.63, 3.8) is 0 Å². The third-order valence-corrected chi connectivity index (χ3v) is 5.74. The van der Waals surface area contributed by atoms with Gasteiger partial charge in [0.15, 0.2) is 11.5 Å². The summed E-state index contributed by atoms with van der Waals surface area (Å²) in [6, 6.07) is 15.1. The van der Waals surface area contributed by atoms with Crippen molar-refractivity contribution < 1.29 is 23.4 Å². The lowest BCUT2D eigenvalue weighted by Crippen LogP contribution is -2.44. The van der Waals surface area contributed by atoms with Gasteiger partial charge in [0, 0.05) is 37.4 Å². The number of ether oxygens (including phenoxy) is 3. The van der Waals surface area contributed by atoms with E-state index in [1.54, 1.807) is 49.8 Å². The summed E-state index contributed by atoms with van der Waals surface area (Å²) in [5, 5.41) is 3.02. The summed E-state index contributed by atoms with van der Waals surface area (Å²) in [5.74, 6) is 0.599. The lowest BCUT2D eigenvalue weighted by atomic mass is 9.73. The van der Waals surface area contributed by atoms with E-state index in [1.165, 1.54) is 12.1 Å². The SMILES string of the molecule is COc1ccc(NC(=O)C2(c3ccc(F)cc3)CCOCC2)cc1OCc1ccncc1. The molecular formula is C25H25FN2O4. The fourth-order valence-corrected chi connectivity index (χ4v) is 3.89. The number of amides is 1. The molecule has 0 aliphatic carbocycles. The predicted octanol–water partition coefficient (Wildman–Crippen LogP) is 4.50. The minimum Gasteiger partial charge on any atom is -0.493 e. The molecule has 0 saturated carbocycles. The van der Waals surface area contributed by atoms with Gasteiger partial charge >= 0.3 is 0 Å². The van der Waals surface area contributed by atoms with E-state index < -0.39 is 5.41 Å². The lowest BCUT2D eigenvalue weighted by Gasteiger charge is -2.36. The lowest BCUT2D eigenvalue weighted by molar-refractivity contribution is -0.125. The summed E-state index contributed by atoms with van der Waals surface area (Å²) in [7, 11) is 1.57. The maximum atomic E-state index is 13.5. The van der Waals surface area contributed by atoms with E-state index in [0.29, 0.717) is 49.8 Å². The number of carbonyl (C=O) groups excluding carboxylic acids is 1. The van der Waals surface area contributed by atoms with Gasteiger partial charge in [-0.25, -0.2) is 4.39 Å². The van der Waals surface area contributed by atoms with Crippen LogP contribution in [0.5, 0.6) is 11.5 Å². The maximum absolute atomic E-state index is 13.5. The Labute approximate surface area is 186 Å². The van der Waals surface area contributed by atoms with Gasteiger partial charge in [0.25, 0.3) is 0 Å². The molecule has 2 aromatic carbocycles. The van der Waals surface area contributed by atoms with Crippen molar-refractivity contribution in [2.45, 2.75) is 24.9 Å². The van der Waals surface area contributed by atoms with Gasteiger partial charge in [0.05, 0.1) is 12.5 Å². The second-order valence-electron chi connectivity index (χ2n) is 7.67. The third-order valence-electron chi connectivity index (χ3n) is 5.74. The van der Waals surface area contributed by atoms with Gasteiger partial charge in [0.1, 0.15) is 12.4 Å². The largest absolute Gasteiger partial charge is 0.493 e. The van der Waals surface area contributed by atoms with Crippen LogP contribution in [0.25, 0.3) is 0 Å². The zero-order valence-electron chi connectivity index (χ0n) is 17.8. The Hall–Kier alpha value is -3.45. The molecule has 1 aromatic heterocycles. The minimum atomic E-state index is -0.788. The van der Waals surface area contributed by atoms with Crippen molar-refractivity contribution in [1.29, 1.82) is 0 Å². The Morgan fingerprint density at radius 2 is 1.78 bits per heavy atom. The second kappa shape index (κ2) is 9.78. The molecule has 0 bridgehead atoms. The van der Waals surface area contributed by atoms with Gasteiger partial charge in [-0.15, -0.1) is 0 Å². The first kappa shape index (κ1) is 21.8. The number of methoxy groups -OCH3 is 1. The first-order valence-electron chi connectivity index (χ1n) is 10.5. The van der Waals surface area contributed by atoms with E-state index in [2.05, 4.69) is 10.3 Å². The number of anilines is 1. The molecule has 1 amide bonds. The van der Waals surface area contributed by atoms with Crippen molar-refractivity contribution in [2.24, 2.45) is 0 Å². The Bertz CT molecular complexity index is 1050. The number of pyridine rings is 1. The molecule has 1 N–H and O–H groups in total. The molecular weight excluding hydrogens is 411 g/mol. The molecule has 0 unspecified atom stereocenters. The van der Waals surface area contributed by atoms with Gasteiger partial charge in [-0.3, -0.25) is 9.78 Å². The van der Waals surface area contributed by atoms with Crippen LogP contribution in [0.1, 0.15) is 24.0 Å². The van der Waals surface area contributed by atoms with Gasteiger partial charge < -0.3 is 19.5 Å². The Morgan fingerprint density at radius 1 is 1.06 bits per heavy atom. The summed E-state index contributed by atoms with van der Waals surface area (Å²) in [6.07, 6.45) is 4.45. The van der Waals surface area contributed by atoms with Crippen LogP contribution in [0.2, 0.25) is 0 Å². The van der Waals surface area contributed by atoms with Crippen LogP contribution >= 0.6 is 0 Å². The smallest absolute Gasteiger partial charge is 0.235 e. The van der Waals surface area contributed by atoms with Crippen LogP contribution in [-0.4, -0.2) is 31.2 Å². The number of hydrogen-bond acceptors (Lipinski definition) is 5. The molecule has 1 saturated heterocycles. The highest BCUT2D eigenvalue weighted by atomic mass is 19.1. The van der Waals surface area contributed by atoms with E-state index in [1.807, 2.05) is 12.1 Å². The molecule has 1 aliphatic heterocycles. The second-order valence-corrected chi connectivity index (χ2v) is 7.67. The molecule has 0 atom stereocenters. The van der Waals surface area contributed by atoms with Crippen molar-refractivity contribution >= 4 is 11.6 Å². The molecule has 6 nitrogen and oxygen atoms in total. The summed E-state index contributed by atoms with van der Waals surface area (Å²) < 4.78 is 30.3. The standard InChI is InChI=1S/C25H25FN2O4/c1-30-22-7-6-21(16-23(22)32-17-18-8-12-27-13-9-18)28-24(29)25(10-14-31-15-11-25)19-2-4-20(26)5-3-19/h2-9,12-13,16H,10-11,14-15,17H2,1H3,(H,28,29). The number of carbonyl (C=O) groups is 1. The third kappa shape index (κ3) is 4.73. The molecule has 32 heavy (non-hydrogen) atoms. The van der Waals surface area contributed by atoms with Crippen molar-refractivity contribution in [3.8, 4) is 11.5 Å². The summed E-state index contributed by atoms with van der Waals surface area (Å²) in [4.78, 5) is 17.5. The van der Waals surface area contributed by atoms with E-state index in [-0.39, 0.29) is 11.7 Å². The van der Waals surface area contributed by atoms with Crippen LogP contribution in [0, 0.1) is 5.82 Å². The van der Waals surface area contributed by atoms with E-state index in [0.717, 1.165) is 11.1 Å². The van der Waals surface area contributed by atoms with Crippen molar-refractivity contribution in [1.82, 2.24) is 4.98 Å². The van der Waals surface area contributed by atoms with Crippen LogP contribution in [0.4, 0.5) is 10.1 Å². The first-order chi connectivity index (χ1) is 15.6. The zero-order chi connectivity index (χ0) is 22.4. The molecule has 166 valence electrons. The monoisotopic (exact) mass is 436 g/mol. The minimum absolute atomic E-state index is 0.155. The highest BCUT2D eigenvalue weighted by Gasteiger charge is 2.41. The quantitative estimate of drug-likeness (QED) is 0.591. The predicted molar refractivity (Wildman–Crippen MR) is 118 cm³/mol. The van der Waals surface area contributed by atoms with E-state index >= 15 is 0 Å². The van der Waals surface area contributed by atoms with Crippen LogP contribution in [0.3, 0.4) is 0 Å². The molecule has 3 aromatic rings. The average Bonchev–Trinajstić information content (AvgIpc) is 2.84. The molecule has 0 radical (unpaired) electrons. The fourth-order valence-electron chi connectivity index (χ4n) is 3.89. The summed E-state index contributed by atoms with van der Waals surface area (Å²) in [5.41, 5.74) is 1.55. The molecule has 2 heterocycles. The summed E-state index contributed by atoms with van der Waals surface area (Å²) >= 11 is 0. The Kier molecular flexibility index (Phi) is 6.66. The van der Waals surface area contributed by atoms with E-state index in [4.69, 9.17) is 14.2 Å². The van der Waals surface area contributed by atoms with Crippen LogP contribution in [0.15, 0.2) is 67.0 Å². The van der Waals surface area contributed by atoms with Gasteiger partial charge in [-0.05, 0) is 60.4 Å². The molecule has 1 aliphatic rings. The van der Waals surface area contributed by atoms with Gasteiger partial charge in [0.2, 0.25) is 5.91 Å². The highest BCUT2D eigenvalue weighted by molar-refractivity contribution is 5.99. The molecule has 1 fully saturated rings. The number of benzene rings is 2. The van der Waals surface area contributed by atoms with Crippen LogP contribution < -0.4 is 14.8 Å². The Balaban J connectivity index is 1.56. The van der Waals surface area contributed by atoms with Crippen molar-refractivity contribution in [2.75, 3.05) is 25.6 Å². The van der Waals surface area contributed by atoms with Gasteiger partial charge in [-0.2, -0.15) is 0 Å². The highest BCUT2D eigenvalue weighted by Crippen LogP contribution is 2.37. The number of nitrogens with zero attached hydrogens (tertiary/aromatic N) is 1.